The van der Waals surface area contributed by atoms with E-state index in [1.807, 2.05) is 30.3 Å². The average molecular weight is 370 g/mol. The fraction of sp³-hybridized carbons (Fsp3) is 0.150. The van der Waals surface area contributed by atoms with Crippen LogP contribution >= 0.6 is 23.1 Å². The Morgan fingerprint density at radius 2 is 1.68 bits per heavy atom. The molecule has 0 atom stereocenters. The second kappa shape index (κ2) is 7.76. The van der Waals surface area contributed by atoms with Crippen LogP contribution in [-0.4, -0.2) is 26.3 Å². The van der Waals surface area contributed by atoms with E-state index < -0.39 is 0 Å². The topological polar surface area (TPSA) is 38.3 Å². The van der Waals surface area contributed by atoms with Crippen LogP contribution in [0.1, 0.15) is 9.67 Å². The van der Waals surface area contributed by atoms with Crippen molar-refractivity contribution in [3.63, 3.8) is 0 Å². The summed E-state index contributed by atoms with van der Waals surface area (Å²) in [6.07, 6.45) is 2.06. The number of nitrogens with one attached hydrogen (secondary N) is 1. The number of methoxy groups -OCH3 is 1. The summed E-state index contributed by atoms with van der Waals surface area (Å²) in [4.78, 5) is 15.1. The van der Waals surface area contributed by atoms with Gasteiger partial charge in [0, 0.05) is 22.4 Å². The van der Waals surface area contributed by atoms with Crippen LogP contribution in [0.2, 0.25) is 0 Å². The monoisotopic (exact) mass is 369 g/mol. The summed E-state index contributed by atoms with van der Waals surface area (Å²) in [6, 6.07) is 18.3. The first-order valence-electron chi connectivity index (χ1n) is 7.81. The summed E-state index contributed by atoms with van der Waals surface area (Å²) in [5.41, 5.74) is 3.25. The van der Waals surface area contributed by atoms with Crippen LogP contribution in [0.15, 0.2) is 59.5 Å². The second-order valence-electron chi connectivity index (χ2n) is 5.39. The van der Waals surface area contributed by atoms with Crippen LogP contribution in [0.5, 0.6) is 5.75 Å². The molecule has 0 aliphatic rings. The molecule has 0 unspecified atom stereocenters. The number of rotatable bonds is 5. The van der Waals surface area contributed by atoms with E-state index in [0.717, 1.165) is 27.3 Å². The van der Waals surface area contributed by atoms with Crippen LogP contribution in [-0.2, 0) is 0 Å². The number of ether oxygens (including phenoxy) is 1. The molecular weight excluding hydrogens is 350 g/mol. The highest BCUT2D eigenvalue weighted by Gasteiger charge is 2.16. The normalized spacial score (nSPS) is 10.5. The molecule has 128 valence electrons. The number of amides is 1. The summed E-state index contributed by atoms with van der Waals surface area (Å²) < 4.78 is 5.24. The minimum atomic E-state index is -0.0632. The zero-order valence-electron chi connectivity index (χ0n) is 14.3. The Morgan fingerprint density at radius 1 is 1.04 bits per heavy atom. The van der Waals surface area contributed by atoms with Gasteiger partial charge in [-0.2, -0.15) is 0 Å². The van der Waals surface area contributed by atoms with E-state index in [1.165, 1.54) is 16.2 Å². The van der Waals surface area contributed by atoms with Crippen molar-refractivity contribution < 1.29 is 9.53 Å². The van der Waals surface area contributed by atoms with Crippen LogP contribution in [0, 0.1) is 0 Å². The maximum absolute atomic E-state index is 12.1. The number of thioether (sulfide) groups is 1. The predicted octanol–water partition coefficient (Wildman–Crippen LogP) is 5.17. The van der Waals surface area contributed by atoms with Crippen molar-refractivity contribution in [3.05, 3.63) is 59.5 Å². The Hall–Kier alpha value is -2.24. The smallest absolute Gasteiger partial charge is 0.261 e. The van der Waals surface area contributed by atoms with Gasteiger partial charge in [0.05, 0.1) is 12.0 Å². The quantitative estimate of drug-likeness (QED) is 0.630. The van der Waals surface area contributed by atoms with E-state index in [2.05, 4.69) is 35.8 Å². The Balaban J connectivity index is 2.10. The fourth-order valence-electron chi connectivity index (χ4n) is 2.57. The Bertz CT molecular complexity index is 803. The summed E-state index contributed by atoms with van der Waals surface area (Å²) in [7, 11) is 3.31. The van der Waals surface area contributed by atoms with Gasteiger partial charge in [0.2, 0.25) is 0 Å². The third-order valence-electron chi connectivity index (χ3n) is 3.94. The third kappa shape index (κ3) is 3.72. The van der Waals surface area contributed by atoms with E-state index in [9.17, 15) is 4.79 Å². The molecule has 1 N–H and O–H groups in total. The van der Waals surface area contributed by atoms with Crippen LogP contribution < -0.4 is 10.1 Å². The summed E-state index contributed by atoms with van der Waals surface area (Å²) in [6.45, 7) is 0. The van der Waals surface area contributed by atoms with E-state index >= 15 is 0 Å². The van der Waals surface area contributed by atoms with Crippen molar-refractivity contribution >= 4 is 29.0 Å². The fourth-order valence-corrected chi connectivity index (χ4v) is 4.11. The molecule has 0 saturated heterocycles. The van der Waals surface area contributed by atoms with Gasteiger partial charge in [-0.3, -0.25) is 4.79 Å². The molecule has 0 spiro atoms. The highest BCUT2D eigenvalue weighted by Crippen LogP contribution is 2.40. The van der Waals surface area contributed by atoms with Crippen molar-refractivity contribution in [1.29, 1.82) is 0 Å². The molecule has 1 aromatic heterocycles. The van der Waals surface area contributed by atoms with Gasteiger partial charge >= 0.3 is 0 Å². The van der Waals surface area contributed by atoms with Crippen molar-refractivity contribution in [2.45, 2.75) is 4.90 Å². The highest BCUT2D eigenvalue weighted by atomic mass is 32.2. The molecule has 0 bridgehead atoms. The Morgan fingerprint density at radius 3 is 2.24 bits per heavy atom. The summed E-state index contributed by atoms with van der Waals surface area (Å²) >= 11 is 3.22. The van der Waals surface area contributed by atoms with Crippen LogP contribution in [0.3, 0.4) is 0 Å². The predicted molar refractivity (Wildman–Crippen MR) is 107 cm³/mol. The number of benzene rings is 2. The van der Waals surface area contributed by atoms with Crippen molar-refractivity contribution in [1.82, 2.24) is 5.32 Å². The molecule has 25 heavy (non-hydrogen) atoms. The minimum absolute atomic E-state index is 0.0632. The minimum Gasteiger partial charge on any atom is -0.497 e. The van der Waals surface area contributed by atoms with Gasteiger partial charge in [0.1, 0.15) is 5.75 Å². The van der Waals surface area contributed by atoms with Crippen molar-refractivity contribution in [2.24, 2.45) is 0 Å². The molecule has 3 nitrogen and oxygen atoms in total. The van der Waals surface area contributed by atoms with Gasteiger partial charge in [0.15, 0.2) is 0 Å². The molecule has 3 rings (SSSR count). The lowest BCUT2D eigenvalue weighted by Crippen LogP contribution is -2.16. The highest BCUT2D eigenvalue weighted by molar-refractivity contribution is 7.98. The van der Waals surface area contributed by atoms with E-state index in [1.54, 1.807) is 25.9 Å². The van der Waals surface area contributed by atoms with E-state index in [4.69, 9.17) is 4.74 Å². The second-order valence-corrected chi connectivity index (χ2v) is 7.32. The van der Waals surface area contributed by atoms with Gasteiger partial charge in [0.25, 0.3) is 5.91 Å². The molecule has 3 aromatic rings. The average Bonchev–Trinajstić information content (AvgIpc) is 3.13. The molecule has 1 amide bonds. The first kappa shape index (κ1) is 17.6. The number of hydrogen-bond donors (Lipinski definition) is 1. The van der Waals surface area contributed by atoms with Crippen LogP contribution in [0.25, 0.3) is 21.6 Å². The van der Waals surface area contributed by atoms with Gasteiger partial charge in [-0.1, -0.05) is 12.1 Å². The lowest BCUT2D eigenvalue weighted by molar-refractivity contribution is 0.0967. The van der Waals surface area contributed by atoms with Crippen molar-refractivity contribution in [2.75, 3.05) is 20.4 Å². The first-order chi connectivity index (χ1) is 12.2. The van der Waals surface area contributed by atoms with E-state index in [-0.39, 0.29) is 5.91 Å². The Labute approximate surface area is 156 Å². The molecule has 0 radical (unpaired) electrons. The molecule has 0 aliphatic heterocycles. The largest absolute Gasteiger partial charge is 0.497 e. The van der Waals surface area contributed by atoms with Crippen LogP contribution in [0.4, 0.5) is 0 Å². The molecule has 5 heteroatoms. The lowest BCUT2D eigenvalue weighted by atomic mass is 10.0. The SMILES string of the molecule is CNC(=O)c1cc(-c2ccc(SC)cc2)c(-c2ccc(OC)cc2)s1. The molecular formula is C20H19NO2S2. The Kier molecular flexibility index (Phi) is 5.46. The maximum Gasteiger partial charge on any atom is 0.261 e. The van der Waals surface area contributed by atoms with Gasteiger partial charge in [-0.25, -0.2) is 0 Å². The zero-order valence-corrected chi connectivity index (χ0v) is 16.0. The first-order valence-corrected chi connectivity index (χ1v) is 9.85. The maximum atomic E-state index is 12.1. The van der Waals surface area contributed by atoms with Gasteiger partial charge in [-0.05, 0) is 59.8 Å². The third-order valence-corrected chi connectivity index (χ3v) is 5.86. The molecule has 0 saturated carbocycles. The molecule has 1 heterocycles. The van der Waals surface area contributed by atoms with Gasteiger partial charge < -0.3 is 10.1 Å². The summed E-state index contributed by atoms with van der Waals surface area (Å²) in [5.74, 6) is 0.754. The zero-order chi connectivity index (χ0) is 17.8. The molecule has 2 aromatic carbocycles. The number of thiophene rings is 1. The van der Waals surface area contributed by atoms with Crippen molar-refractivity contribution in [3.8, 4) is 27.3 Å². The standard InChI is InChI=1S/C20H19NO2S2/c1-21-20(22)18-12-17(13-6-10-16(24-3)11-7-13)19(25-18)14-4-8-15(23-2)9-5-14/h4-12H,1-3H3,(H,21,22). The van der Waals surface area contributed by atoms with E-state index in [0.29, 0.717) is 4.88 Å². The number of carbonyl (C=O) groups excluding carboxylic acids is 1. The lowest BCUT2D eigenvalue weighted by Gasteiger charge is -2.06. The summed E-state index contributed by atoms with van der Waals surface area (Å²) in [5, 5.41) is 2.71. The molecule has 0 aliphatic carbocycles. The number of carbonyl (C=O) groups is 1. The molecule has 0 fully saturated rings. The number of hydrogen-bond acceptors (Lipinski definition) is 4. The van der Waals surface area contributed by atoms with Gasteiger partial charge in [-0.15, -0.1) is 23.1 Å².